The number of aryl methyl sites for hydroxylation is 1. The van der Waals surface area contributed by atoms with Crippen molar-refractivity contribution in [2.45, 2.75) is 11.8 Å². The average molecular weight is 590 g/mol. The maximum absolute atomic E-state index is 13.1. The van der Waals surface area contributed by atoms with E-state index in [2.05, 4.69) is 10.1 Å². The predicted molar refractivity (Wildman–Crippen MR) is 144 cm³/mol. The van der Waals surface area contributed by atoms with Crippen LogP contribution in [0.3, 0.4) is 0 Å². The van der Waals surface area contributed by atoms with Gasteiger partial charge in [-0.15, -0.1) is 0 Å². The van der Waals surface area contributed by atoms with Crippen molar-refractivity contribution in [3.05, 3.63) is 86.9 Å². The van der Waals surface area contributed by atoms with Crippen LogP contribution in [0.4, 0.5) is 5.69 Å². The number of anilines is 1. The van der Waals surface area contributed by atoms with E-state index in [1.54, 1.807) is 6.92 Å². The van der Waals surface area contributed by atoms with Gasteiger partial charge in [-0.3, -0.25) is 14.4 Å². The topological polar surface area (TPSA) is 152 Å². The molecular weight excluding hydrogens is 569 g/mol. The number of ether oxygens (including phenoxy) is 2. The molecule has 10 nitrogen and oxygen atoms in total. The van der Waals surface area contributed by atoms with E-state index < -0.39 is 40.8 Å². The monoisotopic (exact) mass is 589 g/mol. The van der Waals surface area contributed by atoms with Crippen molar-refractivity contribution in [2.75, 3.05) is 25.6 Å². The van der Waals surface area contributed by atoms with Gasteiger partial charge in [-0.25, -0.2) is 13.1 Å². The molecule has 0 fully saturated rings. The number of methoxy groups -OCH3 is 1. The Morgan fingerprint density at radius 3 is 2.36 bits per heavy atom. The molecule has 2 amide bonds. The van der Waals surface area contributed by atoms with E-state index >= 15 is 0 Å². The van der Waals surface area contributed by atoms with Crippen LogP contribution in [0.5, 0.6) is 5.75 Å². The molecule has 3 rings (SSSR count). The molecule has 0 aliphatic heterocycles. The molecule has 0 radical (unpaired) electrons. The molecule has 0 saturated heterocycles. The zero-order valence-corrected chi connectivity index (χ0v) is 22.9. The molecule has 0 spiro atoms. The van der Waals surface area contributed by atoms with Crippen molar-refractivity contribution in [1.29, 1.82) is 5.26 Å². The predicted octanol–water partition coefficient (Wildman–Crippen LogP) is 3.87. The minimum absolute atomic E-state index is 0.0581. The summed E-state index contributed by atoms with van der Waals surface area (Å²) < 4.78 is 36.8. The van der Waals surface area contributed by atoms with Crippen molar-refractivity contribution in [2.24, 2.45) is 0 Å². The number of nitrogens with zero attached hydrogens (tertiary/aromatic N) is 1. The molecule has 3 aromatic carbocycles. The Labute approximate surface area is 234 Å². The van der Waals surface area contributed by atoms with E-state index in [1.807, 2.05) is 10.8 Å². The Balaban J connectivity index is 1.73. The number of carbonyl (C=O) groups is 3. The van der Waals surface area contributed by atoms with Gasteiger partial charge in [0.15, 0.2) is 12.4 Å². The van der Waals surface area contributed by atoms with Crippen LogP contribution in [-0.4, -0.2) is 46.3 Å². The van der Waals surface area contributed by atoms with Gasteiger partial charge in [0, 0.05) is 28.4 Å². The highest BCUT2D eigenvalue weighted by Gasteiger charge is 2.20. The summed E-state index contributed by atoms with van der Waals surface area (Å²) >= 11 is 12.1. The van der Waals surface area contributed by atoms with Crippen molar-refractivity contribution >= 4 is 56.5 Å². The highest BCUT2D eigenvalue weighted by atomic mass is 35.5. The highest BCUT2D eigenvalue weighted by molar-refractivity contribution is 7.90. The number of amides is 2. The van der Waals surface area contributed by atoms with Gasteiger partial charge >= 0.3 is 0 Å². The molecule has 0 aliphatic carbocycles. The van der Waals surface area contributed by atoms with Gasteiger partial charge in [0.05, 0.1) is 22.1 Å². The zero-order chi connectivity index (χ0) is 28.7. The third kappa shape index (κ3) is 7.78. The standard InChI is InChI=1S/C26H21Cl2N3O7S/c1-15-7-20(39(35,36)31-25(33)13-37-2)4-5-22(15)30-24(32)14-38-23-6-3-18(27)11-21(23)26(34)17-8-16(12-29)9-19(28)10-17/h3-11H,13-14H2,1-2H3,(H,30,32)(H,31,33). The molecule has 13 heteroatoms. The van der Waals surface area contributed by atoms with Crippen molar-refractivity contribution < 1.29 is 32.3 Å². The molecule has 0 unspecified atom stereocenters. The molecule has 0 heterocycles. The smallest absolute Gasteiger partial charge is 0.264 e. The van der Waals surface area contributed by atoms with Gasteiger partial charge in [0.25, 0.3) is 21.8 Å². The second-order valence-electron chi connectivity index (χ2n) is 8.09. The first-order valence-electron chi connectivity index (χ1n) is 11.1. The minimum atomic E-state index is -4.13. The van der Waals surface area contributed by atoms with Gasteiger partial charge in [-0.05, 0) is 67.1 Å². The Morgan fingerprint density at radius 2 is 1.69 bits per heavy atom. The van der Waals surface area contributed by atoms with E-state index in [-0.39, 0.29) is 37.4 Å². The van der Waals surface area contributed by atoms with Crippen molar-refractivity contribution in [3.63, 3.8) is 0 Å². The summed E-state index contributed by atoms with van der Waals surface area (Å²) in [4.78, 5) is 37.2. The molecule has 0 atom stereocenters. The number of hydrogen-bond donors (Lipinski definition) is 2. The normalized spacial score (nSPS) is 10.8. The van der Waals surface area contributed by atoms with E-state index in [0.29, 0.717) is 11.3 Å². The Kier molecular flexibility index (Phi) is 9.66. The second-order valence-corrected chi connectivity index (χ2v) is 10.6. The molecule has 202 valence electrons. The third-order valence-electron chi connectivity index (χ3n) is 5.14. The van der Waals surface area contributed by atoms with Gasteiger partial charge in [-0.1, -0.05) is 23.2 Å². The summed E-state index contributed by atoms with van der Waals surface area (Å²) in [5.41, 5.74) is 1.10. The molecule has 39 heavy (non-hydrogen) atoms. The van der Waals surface area contributed by atoms with Crippen molar-refractivity contribution in [3.8, 4) is 11.8 Å². The number of benzene rings is 3. The molecule has 2 N–H and O–H groups in total. The summed E-state index contributed by atoms with van der Waals surface area (Å²) in [5, 5.41) is 12.2. The van der Waals surface area contributed by atoms with Crippen LogP contribution in [0.2, 0.25) is 10.0 Å². The Bertz CT molecular complexity index is 1600. The van der Waals surface area contributed by atoms with Crippen LogP contribution in [0.15, 0.2) is 59.5 Å². The maximum Gasteiger partial charge on any atom is 0.264 e. The molecule has 0 saturated carbocycles. The fourth-order valence-corrected chi connectivity index (χ4v) is 4.85. The number of rotatable bonds is 10. The zero-order valence-electron chi connectivity index (χ0n) is 20.6. The summed E-state index contributed by atoms with van der Waals surface area (Å²) in [6.45, 7) is 0.656. The summed E-state index contributed by atoms with van der Waals surface area (Å²) in [6, 6.07) is 14.3. The molecule has 0 aliphatic rings. The summed E-state index contributed by atoms with van der Waals surface area (Å²) in [6.07, 6.45) is 0. The Morgan fingerprint density at radius 1 is 0.949 bits per heavy atom. The maximum atomic E-state index is 13.1. The van der Waals surface area contributed by atoms with Crippen LogP contribution >= 0.6 is 23.2 Å². The number of nitrogens with one attached hydrogen (secondary N) is 2. The van der Waals surface area contributed by atoms with Gasteiger partial charge in [-0.2, -0.15) is 5.26 Å². The quantitative estimate of drug-likeness (QED) is 0.338. The number of hydrogen-bond acceptors (Lipinski definition) is 8. The summed E-state index contributed by atoms with van der Waals surface area (Å²) in [7, 11) is -2.87. The number of ketones is 1. The van der Waals surface area contributed by atoms with Crippen LogP contribution in [-0.2, 0) is 24.3 Å². The van der Waals surface area contributed by atoms with E-state index in [0.717, 1.165) is 0 Å². The second kappa shape index (κ2) is 12.7. The lowest BCUT2D eigenvalue weighted by Gasteiger charge is -2.14. The highest BCUT2D eigenvalue weighted by Crippen LogP contribution is 2.27. The lowest BCUT2D eigenvalue weighted by atomic mass is 10.0. The molecule has 3 aromatic rings. The first-order valence-corrected chi connectivity index (χ1v) is 13.3. The minimum Gasteiger partial charge on any atom is -0.483 e. The van der Waals surface area contributed by atoms with Crippen molar-refractivity contribution in [1.82, 2.24) is 4.72 Å². The number of halogens is 2. The Hall–Kier alpha value is -3.95. The molecule has 0 bridgehead atoms. The lowest BCUT2D eigenvalue weighted by Crippen LogP contribution is -2.33. The fourth-order valence-electron chi connectivity index (χ4n) is 3.39. The lowest BCUT2D eigenvalue weighted by molar-refractivity contribution is -0.123. The van der Waals surface area contributed by atoms with Gasteiger partial charge < -0.3 is 14.8 Å². The van der Waals surface area contributed by atoms with E-state index in [4.69, 9.17) is 27.9 Å². The number of sulfonamides is 1. The van der Waals surface area contributed by atoms with E-state index in [9.17, 15) is 28.1 Å². The largest absolute Gasteiger partial charge is 0.483 e. The van der Waals surface area contributed by atoms with Crippen LogP contribution in [0.1, 0.15) is 27.0 Å². The number of nitriles is 1. The SMILES string of the molecule is COCC(=O)NS(=O)(=O)c1ccc(NC(=O)COc2ccc(Cl)cc2C(=O)c2cc(Cl)cc(C#N)c2)c(C)c1. The number of carbonyl (C=O) groups excluding carboxylic acids is 3. The first kappa shape index (κ1) is 29.6. The molecule has 0 aromatic heterocycles. The van der Waals surface area contributed by atoms with Crippen LogP contribution in [0.25, 0.3) is 0 Å². The van der Waals surface area contributed by atoms with E-state index in [1.165, 1.54) is 61.7 Å². The first-order chi connectivity index (χ1) is 18.4. The third-order valence-corrected chi connectivity index (χ3v) is 6.96. The van der Waals surface area contributed by atoms with Gasteiger partial charge in [0.2, 0.25) is 0 Å². The van der Waals surface area contributed by atoms with Crippen LogP contribution < -0.4 is 14.8 Å². The fraction of sp³-hybridized carbons (Fsp3) is 0.154. The molecular formula is C26H21Cl2N3O7S. The summed E-state index contributed by atoms with van der Waals surface area (Å²) in [5.74, 6) is -1.87. The average Bonchev–Trinajstić information content (AvgIpc) is 2.88. The van der Waals surface area contributed by atoms with Crippen LogP contribution in [0, 0.1) is 18.3 Å². The van der Waals surface area contributed by atoms with Gasteiger partial charge in [0.1, 0.15) is 12.4 Å².